The molecule has 0 bridgehead atoms. The number of benzene rings is 3. The Kier molecular flexibility index (Phi) is 6.32. The Labute approximate surface area is 203 Å². The minimum absolute atomic E-state index is 0.0120. The maximum absolute atomic E-state index is 12.9. The fourth-order valence-corrected chi connectivity index (χ4v) is 3.61. The van der Waals surface area contributed by atoms with Gasteiger partial charge in [-0.1, -0.05) is 35.3 Å². The van der Waals surface area contributed by atoms with E-state index in [-0.39, 0.29) is 43.7 Å². The molecular weight excluding hydrogens is 481 g/mol. The zero-order valence-electron chi connectivity index (χ0n) is 17.2. The van der Waals surface area contributed by atoms with Crippen LogP contribution in [0.2, 0.25) is 10.0 Å². The number of hydrogen-bond acceptors (Lipinski definition) is 6. The molecule has 3 aromatic rings. The van der Waals surface area contributed by atoms with Gasteiger partial charge in [-0.15, -0.1) is 0 Å². The smallest absolute Gasteiger partial charge is 0.338 e. The highest BCUT2D eigenvalue weighted by Crippen LogP contribution is 2.33. The van der Waals surface area contributed by atoms with Gasteiger partial charge in [-0.2, -0.15) is 5.26 Å². The molecular formula is C24H13Cl2N3O5. The van der Waals surface area contributed by atoms with E-state index in [1.165, 1.54) is 42.5 Å². The van der Waals surface area contributed by atoms with Crippen LogP contribution < -0.4 is 10.2 Å². The summed E-state index contributed by atoms with van der Waals surface area (Å²) in [5, 5.41) is 12.0. The standard InChI is InChI=1S/C24H13Cl2N3O5/c25-18-8-6-15(10-19(18)26)29-22(31)16-7-5-13(9-17(16)23(29)32)24(33)34-12-21(30)28-20-4-2-1-3-14(20)11-27/h1-10H,12H2,(H,28,30). The van der Waals surface area contributed by atoms with Crippen LogP contribution in [0.4, 0.5) is 11.4 Å². The first-order valence-corrected chi connectivity index (χ1v) is 10.5. The van der Waals surface area contributed by atoms with Gasteiger partial charge in [0.15, 0.2) is 6.61 Å². The number of rotatable bonds is 5. The molecule has 1 aliphatic rings. The molecule has 0 aromatic heterocycles. The third-order valence-electron chi connectivity index (χ3n) is 4.94. The van der Waals surface area contributed by atoms with E-state index in [0.29, 0.717) is 0 Å². The Hall–Kier alpha value is -4.19. The SMILES string of the molecule is N#Cc1ccccc1NC(=O)COC(=O)c1ccc2c(c1)C(=O)N(c1ccc(Cl)c(Cl)c1)C2=O. The number of imide groups is 1. The lowest BCUT2D eigenvalue weighted by atomic mass is 10.1. The van der Waals surface area contributed by atoms with Crippen molar-refractivity contribution in [3.8, 4) is 6.07 Å². The molecule has 0 saturated heterocycles. The summed E-state index contributed by atoms with van der Waals surface area (Å²) in [7, 11) is 0. The minimum atomic E-state index is -0.861. The maximum atomic E-state index is 12.9. The van der Waals surface area contributed by atoms with E-state index in [2.05, 4.69) is 5.32 Å². The number of hydrogen-bond donors (Lipinski definition) is 1. The second-order valence-corrected chi connectivity index (χ2v) is 7.90. The van der Waals surface area contributed by atoms with E-state index in [1.54, 1.807) is 18.2 Å². The van der Waals surface area contributed by atoms with Gasteiger partial charge in [0.1, 0.15) is 6.07 Å². The van der Waals surface area contributed by atoms with Crippen molar-refractivity contribution in [3.63, 3.8) is 0 Å². The van der Waals surface area contributed by atoms with Crippen LogP contribution in [0.5, 0.6) is 0 Å². The van der Waals surface area contributed by atoms with Crippen molar-refractivity contribution in [2.75, 3.05) is 16.8 Å². The Balaban J connectivity index is 1.47. The summed E-state index contributed by atoms with van der Waals surface area (Å²) in [4.78, 5) is 51.2. The lowest BCUT2D eigenvalue weighted by molar-refractivity contribution is -0.119. The Bertz CT molecular complexity index is 1410. The van der Waals surface area contributed by atoms with Crippen LogP contribution in [0.15, 0.2) is 60.7 Å². The van der Waals surface area contributed by atoms with Gasteiger partial charge in [-0.25, -0.2) is 9.69 Å². The lowest BCUT2D eigenvalue weighted by Gasteiger charge is -2.14. The molecule has 168 valence electrons. The Morgan fingerprint density at radius 3 is 2.41 bits per heavy atom. The largest absolute Gasteiger partial charge is 0.452 e. The number of para-hydroxylation sites is 1. The number of carbonyl (C=O) groups is 4. The number of nitrogens with one attached hydrogen (secondary N) is 1. The molecule has 0 unspecified atom stereocenters. The van der Waals surface area contributed by atoms with Crippen molar-refractivity contribution in [2.24, 2.45) is 0 Å². The average Bonchev–Trinajstić information content (AvgIpc) is 3.09. The van der Waals surface area contributed by atoms with Crippen molar-refractivity contribution >= 4 is 58.3 Å². The zero-order chi connectivity index (χ0) is 24.4. The third kappa shape index (κ3) is 4.35. The van der Waals surface area contributed by atoms with Crippen LogP contribution in [-0.4, -0.2) is 30.3 Å². The van der Waals surface area contributed by atoms with Gasteiger partial charge in [0, 0.05) is 0 Å². The van der Waals surface area contributed by atoms with Crippen LogP contribution in [0.3, 0.4) is 0 Å². The van der Waals surface area contributed by atoms with E-state index >= 15 is 0 Å². The minimum Gasteiger partial charge on any atom is -0.452 e. The first kappa shape index (κ1) is 23.0. The number of nitriles is 1. The molecule has 4 rings (SSSR count). The molecule has 0 spiro atoms. The summed E-state index contributed by atoms with van der Waals surface area (Å²) >= 11 is 11.9. The number of amides is 3. The first-order chi connectivity index (χ1) is 16.3. The number of fused-ring (bicyclic) bond motifs is 1. The second kappa shape index (κ2) is 9.35. The van der Waals surface area contributed by atoms with E-state index in [0.717, 1.165) is 4.90 Å². The van der Waals surface area contributed by atoms with Crippen molar-refractivity contribution in [1.82, 2.24) is 0 Å². The molecule has 0 fully saturated rings. The average molecular weight is 494 g/mol. The van der Waals surface area contributed by atoms with Crippen molar-refractivity contribution in [2.45, 2.75) is 0 Å². The predicted molar refractivity (Wildman–Crippen MR) is 124 cm³/mol. The number of esters is 1. The summed E-state index contributed by atoms with van der Waals surface area (Å²) in [6.45, 7) is -0.613. The van der Waals surface area contributed by atoms with E-state index in [1.807, 2.05) is 6.07 Å². The fourth-order valence-electron chi connectivity index (χ4n) is 3.32. The van der Waals surface area contributed by atoms with Gasteiger partial charge >= 0.3 is 5.97 Å². The fraction of sp³-hybridized carbons (Fsp3) is 0.0417. The summed E-state index contributed by atoms with van der Waals surface area (Å²) in [5.74, 6) is -2.72. The molecule has 3 amide bonds. The van der Waals surface area contributed by atoms with E-state index in [9.17, 15) is 19.2 Å². The Morgan fingerprint density at radius 2 is 1.68 bits per heavy atom. The number of nitrogens with zero attached hydrogens (tertiary/aromatic N) is 2. The number of anilines is 2. The summed E-state index contributed by atoms with van der Waals surface area (Å²) in [5.41, 5.74) is 0.891. The van der Waals surface area contributed by atoms with Crippen LogP contribution in [0.25, 0.3) is 0 Å². The third-order valence-corrected chi connectivity index (χ3v) is 5.68. The zero-order valence-corrected chi connectivity index (χ0v) is 18.7. The summed E-state index contributed by atoms with van der Waals surface area (Å²) in [6, 6.07) is 16.6. The van der Waals surface area contributed by atoms with Gasteiger partial charge in [0.25, 0.3) is 17.7 Å². The highest BCUT2D eigenvalue weighted by atomic mass is 35.5. The topological polar surface area (TPSA) is 117 Å². The molecule has 0 atom stereocenters. The summed E-state index contributed by atoms with van der Waals surface area (Å²) < 4.78 is 5.02. The Morgan fingerprint density at radius 1 is 0.941 bits per heavy atom. The van der Waals surface area contributed by atoms with E-state index in [4.69, 9.17) is 33.2 Å². The molecule has 0 saturated carbocycles. The van der Waals surface area contributed by atoms with Crippen molar-refractivity contribution in [3.05, 3.63) is 93.0 Å². The molecule has 0 aliphatic carbocycles. The van der Waals surface area contributed by atoms with Gasteiger partial charge in [0.05, 0.1) is 43.7 Å². The second-order valence-electron chi connectivity index (χ2n) is 7.09. The number of halogens is 2. The first-order valence-electron chi connectivity index (χ1n) is 9.74. The number of ether oxygens (including phenoxy) is 1. The molecule has 0 radical (unpaired) electrons. The maximum Gasteiger partial charge on any atom is 0.338 e. The van der Waals surface area contributed by atoms with Gasteiger partial charge in [-0.3, -0.25) is 14.4 Å². The van der Waals surface area contributed by atoms with Crippen LogP contribution >= 0.6 is 23.2 Å². The van der Waals surface area contributed by atoms with Gasteiger partial charge < -0.3 is 10.1 Å². The van der Waals surface area contributed by atoms with E-state index < -0.39 is 30.3 Å². The highest BCUT2D eigenvalue weighted by molar-refractivity contribution is 6.42. The summed E-state index contributed by atoms with van der Waals surface area (Å²) in [6.07, 6.45) is 0. The van der Waals surface area contributed by atoms with Crippen molar-refractivity contribution in [1.29, 1.82) is 5.26 Å². The normalized spacial score (nSPS) is 12.2. The van der Waals surface area contributed by atoms with Crippen molar-refractivity contribution < 1.29 is 23.9 Å². The monoisotopic (exact) mass is 493 g/mol. The lowest BCUT2D eigenvalue weighted by Crippen LogP contribution is -2.29. The molecule has 34 heavy (non-hydrogen) atoms. The van der Waals surface area contributed by atoms with Crippen LogP contribution in [0.1, 0.15) is 36.6 Å². The molecule has 3 aromatic carbocycles. The number of carbonyl (C=O) groups excluding carboxylic acids is 4. The van der Waals surface area contributed by atoms with Crippen LogP contribution in [-0.2, 0) is 9.53 Å². The van der Waals surface area contributed by atoms with Gasteiger partial charge in [0.2, 0.25) is 0 Å². The predicted octanol–water partition coefficient (Wildman–Crippen LogP) is 4.46. The van der Waals surface area contributed by atoms with Gasteiger partial charge in [-0.05, 0) is 48.5 Å². The molecule has 8 nitrogen and oxygen atoms in total. The molecule has 1 heterocycles. The molecule has 10 heteroatoms. The highest BCUT2D eigenvalue weighted by Gasteiger charge is 2.37. The molecule has 1 N–H and O–H groups in total. The quantitative estimate of drug-likeness (QED) is 0.414. The van der Waals surface area contributed by atoms with Crippen LogP contribution in [0, 0.1) is 11.3 Å². The molecule has 1 aliphatic heterocycles.